The number of rotatable bonds is 19. The van der Waals surface area contributed by atoms with Crippen molar-refractivity contribution in [2.45, 2.75) is 64.2 Å². The summed E-state index contributed by atoms with van der Waals surface area (Å²) in [5.74, 6) is 3.78. The number of hydrogen-bond acceptors (Lipinski definition) is 6. The summed E-state index contributed by atoms with van der Waals surface area (Å²) in [4.78, 5) is 9.04. The van der Waals surface area contributed by atoms with E-state index < -0.39 is 0 Å². The zero-order valence-corrected chi connectivity index (χ0v) is 26.1. The van der Waals surface area contributed by atoms with Crippen LogP contribution in [0, 0.1) is 0 Å². The molecule has 226 valence electrons. The Morgan fingerprint density at radius 2 is 0.800 bits per heavy atom. The molecule has 0 heterocycles. The van der Waals surface area contributed by atoms with E-state index in [9.17, 15) is 0 Å². The molecule has 0 aromatic heterocycles. The number of aliphatic imine (C=N–C) groups is 2. The van der Waals surface area contributed by atoms with Crippen LogP contribution in [0.25, 0.3) is 0 Å². The number of benzene rings is 2. The number of halogens is 2. The molecular weight excluding hydrogens is 551 g/mol. The minimum Gasteiger partial charge on any atom is -0.493 e. The summed E-state index contributed by atoms with van der Waals surface area (Å²) in [5.41, 5.74) is 14.0. The van der Waals surface area contributed by atoms with Crippen molar-refractivity contribution in [3.8, 4) is 23.0 Å². The first kappa shape index (κ1) is 37.2. The fourth-order valence-electron chi connectivity index (χ4n) is 4.21. The number of nitrogens with two attached hydrogens (primary N) is 2. The molecule has 0 aliphatic rings. The molecule has 4 N–H and O–H groups in total. The Kier molecular flexibility index (Phi) is 20.4. The quantitative estimate of drug-likeness (QED) is 0.107. The maximum absolute atomic E-state index is 6.14. The van der Waals surface area contributed by atoms with E-state index in [0.29, 0.717) is 34.7 Å². The van der Waals surface area contributed by atoms with Crippen molar-refractivity contribution < 1.29 is 18.9 Å². The lowest BCUT2D eigenvalue weighted by molar-refractivity contribution is 0.355. The average Bonchev–Trinajstić information content (AvgIpc) is 2.96. The van der Waals surface area contributed by atoms with Gasteiger partial charge in [0.25, 0.3) is 0 Å². The maximum atomic E-state index is 6.14. The smallest absolute Gasteiger partial charge is 0.161 e. The van der Waals surface area contributed by atoms with Gasteiger partial charge in [-0.3, -0.25) is 9.98 Å². The topological polar surface area (TPSA) is 114 Å². The highest BCUT2D eigenvalue weighted by atomic mass is 35.5. The van der Waals surface area contributed by atoms with Crippen LogP contribution in [-0.2, 0) is 0 Å². The lowest BCUT2D eigenvalue weighted by Gasteiger charge is -2.09. The van der Waals surface area contributed by atoms with Gasteiger partial charge in [0.15, 0.2) is 23.0 Å². The summed E-state index contributed by atoms with van der Waals surface area (Å²) in [6.07, 6.45) is 12.1. The first-order valence-corrected chi connectivity index (χ1v) is 13.6. The second kappa shape index (κ2) is 21.9. The molecule has 0 bridgehead atoms. The molecule has 0 saturated carbocycles. The van der Waals surface area contributed by atoms with Crippen molar-refractivity contribution in [3.63, 3.8) is 0 Å². The number of unbranched alkanes of at least 4 members (excludes halogenated alkanes) is 9. The minimum atomic E-state index is 0. The summed E-state index contributed by atoms with van der Waals surface area (Å²) in [6, 6.07) is 11.2. The summed E-state index contributed by atoms with van der Waals surface area (Å²) in [6.45, 7) is 1.50. The molecule has 0 aliphatic heterocycles. The number of methoxy groups -OCH3 is 4. The van der Waals surface area contributed by atoms with Gasteiger partial charge in [-0.2, -0.15) is 0 Å². The SMILES string of the molecule is COc1ccc(C(N)=NCCCCCCCCCCCCN=C(N)c2ccc(OC)c(OC)c2)cc1OC.Cl.Cl. The molecule has 0 radical (unpaired) electrons. The molecule has 0 spiro atoms. The Labute approximate surface area is 252 Å². The van der Waals surface area contributed by atoms with E-state index in [2.05, 4.69) is 9.98 Å². The molecule has 0 saturated heterocycles. The van der Waals surface area contributed by atoms with Crippen LogP contribution in [0.5, 0.6) is 23.0 Å². The Morgan fingerprint density at radius 3 is 1.10 bits per heavy atom. The van der Waals surface area contributed by atoms with Gasteiger partial charge in [-0.05, 0) is 49.2 Å². The molecule has 2 rings (SSSR count). The van der Waals surface area contributed by atoms with Crippen molar-refractivity contribution in [1.82, 2.24) is 0 Å². The summed E-state index contributed by atoms with van der Waals surface area (Å²) < 4.78 is 21.2. The average molecular weight is 600 g/mol. The highest BCUT2D eigenvalue weighted by Gasteiger charge is 2.08. The summed E-state index contributed by atoms with van der Waals surface area (Å²) in [7, 11) is 6.47. The molecule has 0 fully saturated rings. The zero-order valence-electron chi connectivity index (χ0n) is 24.4. The zero-order chi connectivity index (χ0) is 27.6. The van der Waals surface area contributed by atoms with Crippen LogP contribution in [0.15, 0.2) is 46.4 Å². The largest absolute Gasteiger partial charge is 0.493 e. The van der Waals surface area contributed by atoms with Gasteiger partial charge in [0.1, 0.15) is 11.7 Å². The third kappa shape index (κ3) is 13.0. The Morgan fingerprint density at radius 1 is 0.500 bits per heavy atom. The van der Waals surface area contributed by atoms with Crippen LogP contribution >= 0.6 is 24.8 Å². The van der Waals surface area contributed by atoms with Crippen molar-refractivity contribution in [1.29, 1.82) is 0 Å². The van der Waals surface area contributed by atoms with E-state index in [-0.39, 0.29) is 24.8 Å². The van der Waals surface area contributed by atoms with Crippen LogP contribution < -0.4 is 30.4 Å². The van der Waals surface area contributed by atoms with Crippen LogP contribution in [0.4, 0.5) is 0 Å². The number of amidine groups is 2. The lowest BCUT2D eigenvalue weighted by atomic mass is 10.1. The van der Waals surface area contributed by atoms with Crippen LogP contribution in [0.1, 0.15) is 75.3 Å². The lowest BCUT2D eigenvalue weighted by Crippen LogP contribution is -2.14. The molecule has 10 heteroatoms. The Balaban J connectivity index is 0.00000760. The van der Waals surface area contributed by atoms with E-state index in [0.717, 1.165) is 37.1 Å². The highest BCUT2D eigenvalue weighted by Crippen LogP contribution is 2.28. The van der Waals surface area contributed by atoms with E-state index >= 15 is 0 Å². The molecule has 0 atom stereocenters. The molecule has 2 aromatic rings. The fourth-order valence-corrected chi connectivity index (χ4v) is 4.21. The van der Waals surface area contributed by atoms with Crippen molar-refractivity contribution >= 4 is 36.5 Å². The van der Waals surface area contributed by atoms with E-state index in [1.165, 1.54) is 51.4 Å². The van der Waals surface area contributed by atoms with E-state index in [1.807, 2.05) is 36.4 Å². The number of ether oxygens (including phenoxy) is 4. The van der Waals surface area contributed by atoms with Crippen molar-refractivity contribution in [2.24, 2.45) is 21.5 Å². The molecule has 0 aliphatic carbocycles. The second-order valence-electron chi connectivity index (χ2n) is 9.21. The Bertz CT molecular complexity index is 953. The van der Waals surface area contributed by atoms with Gasteiger partial charge in [-0.25, -0.2) is 0 Å². The van der Waals surface area contributed by atoms with Gasteiger partial charge in [0, 0.05) is 24.2 Å². The van der Waals surface area contributed by atoms with Gasteiger partial charge in [-0.15, -0.1) is 24.8 Å². The van der Waals surface area contributed by atoms with E-state index in [4.69, 9.17) is 30.4 Å². The molecule has 0 amide bonds. The first-order chi connectivity index (χ1) is 18.5. The number of hydrogen-bond donors (Lipinski definition) is 2. The normalized spacial score (nSPS) is 11.3. The third-order valence-corrected chi connectivity index (χ3v) is 6.49. The van der Waals surface area contributed by atoms with Gasteiger partial charge in [0.05, 0.1) is 28.4 Å². The molecule has 2 aromatic carbocycles. The van der Waals surface area contributed by atoms with Crippen LogP contribution in [-0.4, -0.2) is 53.2 Å². The fraction of sp³-hybridized carbons (Fsp3) is 0.533. The minimum absolute atomic E-state index is 0. The standard InChI is InChI=1S/C30H46N4O4.2ClH/c1-35-25-17-15-23(21-27(25)37-3)29(31)33-19-13-11-9-7-5-6-8-10-12-14-20-34-30(32)24-16-18-26(36-2)28(22-24)38-4;;/h15-18,21-22H,5-14,19-20H2,1-4H3,(H2,31,33)(H2,32,34);2*1H. The summed E-state index contributed by atoms with van der Waals surface area (Å²) >= 11 is 0. The predicted molar refractivity (Wildman–Crippen MR) is 171 cm³/mol. The number of nitrogens with zero attached hydrogens (tertiary/aromatic N) is 2. The van der Waals surface area contributed by atoms with Crippen LogP contribution in [0.2, 0.25) is 0 Å². The van der Waals surface area contributed by atoms with Crippen molar-refractivity contribution in [2.75, 3.05) is 41.5 Å². The predicted octanol–water partition coefficient (Wildman–Crippen LogP) is 6.58. The van der Waals surface area contributed by atoms with Gasteiger partial charge in [0.2, 0.25) is 0 Å². The van der Waals surface area contributed by atoms with Gasteiger partial charge in [-0.1, -0.05) is 51.4 Å². The van der Waals surface area contributed by atoms with Crippen LogP contribution in [0.3, 0.4) is 0 Å². The van der Waals surface area contributed by atoms with Crippen molar-refractivity contribution in [3.05, 3.63) is 47.5 Å². The molecule has 8 nitrogen and oxygen atoms in total. The van der Waals surface area contributed by atoms with Gasteiger partial charge >= 0.3 is 0 Å². The monoisotopic (exact) mass is 598 g/mol. The first-order valence-electron chi connectivity index (χ1n) is 13.6. The van der Waals surface area contributed by atoms with Gasteiger partial charge < -0.3 is 30.4 Å². The second-order valence-corrected chi connectivity index (χ2v) is 9.21. The molecular formula is C30H48Cl2N4O4. The summed E-state index contributed by atoms with van der Waals surface area (Å²) in [5, 5.41) is 0. The maximum Gasteiger partial charge on any atom is 0.161 e. The third-order valence-electron chi connectivity index (χ3n) is 6.49. The molecule has 40 heavy (non-hydrogen) atoms. The molecule has 0 unspecified atom stereocenters. The van der Waals surface area contributed by atoms with E-state index in [1.54, 1.807) is 28.4 Å². The Hall–Kier alpha value is -2.84. The highest BCUT2D eigenvalue weighted by molar-refractivity contribution is 5.98.